The first-order valence-electron chi connectivity index (χ1n) is 7.30. The third kappa shape index (κ3) is 2.85. The molecule has 25 heavy (non-hydrogen) atoms. The summed E-state index contributed by atoms with van der Waals surface area (Å²) < 4.78 is 0.634. The van der Waals surface area contributed by atoms with Gasteiger partial charge in [0.05, 0.1) is 27.5 Å². The van der Waals surface area contributed by atoms with Crippen LogP contribution < -0.4 is 16.5 Å². The van der Waals surface area contributed by atoms with Crippen LogP contribution in [0.25, 0.3) is 5.70 Å². The maximum absolute atomic E-state index is 9.87. The molecule has 5 N–H and O–H groups in total. The Morgan fingerprint density at radius 2 is 2.00 bits per heavy atom. The number of halogens is 1. The Labute approximate surface area is 157 Å². The molecule has 0 aliphatic carbocycles. The Balaban J connectivity index is 2.32. The van der Waals surface area contributed by atoms with E-state index in [9.17, 15) is 10.5 Å². The molecule has 0 bridgehead atoms. The summed E-state index contributed by atoms with van der Waals surface area (Å²) >= 11 is 5.00. The molecule has 1 aromatic heterocycles. The van der Waals surface area contributed by atoms with Crippen LogP contribution in [0.4, 0.5) is 0 Å². The van der Waals surface area contributed by atoms with E-state index in [0.29, 0.717) is 32.7 Å². The molecular formula is C18H13BrN5S+. The Morgan fingerprint density at radius 1 is 1.20 bits per heavy atom. The monoisotopic (exact) mass is 410 g/mol. The van der Waals surface area contributed by atoms with Crippen molar-refractivity contribution in [3.05, 3.63) is 73.5 Å². The fraction of sp³-hybridized carbons (Fsp3) is 0.0556. The smallest absolute Gasteiger partial charge is 0.276 e. The summed E-state index contributed by atoms with van der Waals surface area (Å²) in [6, 6.07) is 13.6. The number of benzene rings is 1. The van der Waals surface area contributed by atoms with Gasteiger partial charge in [0.25, 0.3) is 5.84 Å². The van der Waals surface area contributed by atoms with Gasteiger partial charge in [-0.3, -0.25) is 5.73 Å². The predicted molar refractivity (Wildman–Crippen MR) is 101 cm³/mol. The molecular weight excluding hydrogens is 398 g/mol. The van der Waals surface area contributed by atoms with Crippen molar-refractivity contribution >= 4 is 38.8 Å². The minimum atomic E-state index is -0.462. The highest BCUT2D eigenvalue weighted by Crippen LogP contribution is 2.40. The normalized spacial score (nSPS) is 18.6. The van der Waals surface area contributed by atoms with Gasteiger partial charge in [0.2, 0.25) is 0 Å². The van der Waals surface area contributed by atoms with Crippen LogP contribution in [0.1, 0.15) is 21.9 Å². The zero-order valence-corrected chi connectivity index (χ0v) is 15.4. The lowest BCUT2D eigenvalue weighted by Gasteiger charge is -2.23. The lowest BCUT2D eigenvalue weighted by molar-refractivity contribution is -0.346. The van der Waals surface area contributed by atoms with Crippen molar-refractivity contribution in [3.63, 3.8) is 0 Å². The molecule has 0 fully saturated rings. The van der Waals surface area contributed by atoms with Gasteiger partial charge < -0.3 is 5.73 Å². The first-order valence-corrected chi connectivity index (χ1v) is 8.97. The summed E-state index contributed by atoms with van der Waals surface area (Å²) in [7, 11) is 0. The van der Waals surface area contributed by atoms with Crippen molar-refractivity contribution in [1.29, 1.82) is 10.5 Å². The second-order valence-corrected chi connectivity index (χ2v) is 7.03. The predicted octanol–water partition coefficient (Wildman–Crippen LogP) is 1.69. The highest BCUT2D eigenvalue weighted by molar-refractivity contribution is 9.10. The molecule has 0 saturated heterocycles. The molecule has 2 heterocycles. The molecule has 5 nitrogen and oxygen atoms in total. The molecule has 122 valence electrons. The molecule has 1 atom stereocenters. The third-order valence-electron chi connectivity index (χ3n) is 3.97. The molecule has 7 heteroatoms. The van der Waals surface area contributed by atoms with E-state index in [1.165, 1.54) is 17.5 Å². The van der Waals surface area contributed by atoms with Crippen LogP contribution in [0, 0.1) is 22.7 Å². The van der Waals surface area contributed by atoms with E-state index in [0.717, 1.165) is 10.4 Å². The van der Waals surface area contributed by atoms with Gasteiger partial charge in [-0.15, -0.1) is 11.3 Å². The fourth-order valence-electron chi connectivity index (χ4n) is 2.83. The van der Waals surface area contributed by atoms with Crippen LogP contribution in [0.2, 0.25) is 0 Å². The van der Waals surface area contributed by atoms with E-state index in [-0.39, 0.29) is 0 Å². The SMILES string of the molecule is N#CC1=C(c2cccs2)[NH+]=C(N)/C(=C\N)C1c1cccc(C#N)c1Br. The fourth-order valence-corrected chi connectivity index (χ4v) is 4.15. The first-order chi connectivity index (χ1) is 12.1. The second kappa shape index (κ2) is 6.94. The molecule has 3 rings (SSSR count). The molecule has 0 amide bonds. The molecule has 1 aliphatic heterocycles. The zero-order chi connectivity index (χ0) is 18.0. The van der Waals surface area contributed by atoms with Crippen molar-refractivity contribution in [2.24, 2.45) is 11.5 Å². The quantitative estimate of drug-likeness (QED) is 0.698. The Bertz CT molecular complexity index is 1000. The number of thiophene rings is 1. The van der Waals surface area contributed by atoms with Gasteiger partial charge in [0, 0.05) is 10.7 Å². The van der Waals surface area contributed by atoms with Gasteiger partial charge in [-0.2, -0.15) is 10.5 Å². The van der Waals surface area contributed by atoms with Gasteiger partial charge in [-0.1, -0.05) is 18.2 Å². The van der Waals surface area contributed by atoms with E-state index < -0.39 is 5.92 Å². The molecule has 0 saturated carbocycles. The van der Waals surface area contributed by atoms with Crippen LogP contribution in [-0.2, 0) is 0 Å². The van der Waals surface area contributed by atoms with Crippen LogP contribution in [-0.4, -0.2) is 5.84 Å². The Hall–Kier alpha value is -2.87. The lowest BCUT2D eigenvalue weighted by atomic mass is 9.81. The number of nitrogens with zero attached hydrogens (tertiary/aromatic N) is 2. The summed E-state index contributed by atoms with van der Waals surface area (Å²) in [5.74, 6) is -0.0693. The maximum Gasteiger partial charge on any atom is 0.276 e. The topological polar surface area (TPSA) is 114 Å². The highest BCUT2D eigenvalue weighted by Gasteiger charge is 2.36. The molecule has 1 aromatic carbocycles. The minimum absolute atomic E-state index is 0.393. The Morgan fingerprint density at radius 3 is 2.60 bits per heavy atom. The van der Waals surface area contributed by atoms with Crippen molar-refractivity contribution in [3.8, 4) is 12.1 Å². The van der Waals surface area contributed by atoms with E-state index in [1.54, 1.807) is 12.1 Å². The highest BCUT2D eigenvalue weighted by atomic mass is 79.9. The van der Waals surface area contributed by atoms with E-state index in [1.807, 2.05) is 23.6 Å². The molecule has 0 radical (unpaired) electrons. The number of nitrogens with two attached hydrogens (primary N) is 2. The van der Waals surface area contributed by atoms with Crippen LogP contribution in [0.15, 0.2) is 57.5 Å². The van der Waals surface area contributed by atoms with Crippen molar-refractivity contribution in [1.82, 2.24) is 0 Å². The Kier molecular flexibility index (Phi) is 4.71. The number of amidine groups is 1. The largest absolute Gasteiger partial charge is 0.404 e. The summed E-state index contributed by atoms with van der Waals surface area (Å²) in [6.45, 7) is 0. The first kappa shape index (κ1) is 17.0. The van der Waals surface area contributed by atoms with E-state index in [2.05, 4.69) is 33.1 Å². The van der Waals surface area contributed by atoms with Gasteiger partial charge >= 0.3 is 0 Å². The lowest BCUT2D eigenvalue weighted by Crippen LogP contribution is -2.75. The number of hydrogen-bond donors (Lipinski definition) is 3. The van der Waals surface area contributed by atoms with Gasteiger partial charge in [0.15, 0.2) is 5.70 Å². The van der Waals surface area contributed by atoms with Crippen molar-refractivity contribution in [2.75, 3.05) is 0 Å². The number of hydrogen-bond acceptors (Lipinski definition) is 5. The molecule has 1 unspecified atom stereocenters. The van der Waals surface area contributed by atoms with Gasteiger partial charge in [-0.05, 0) is 39.0 Å². The summed E-state index contributed by atoms with van der Waals surface area (Å²) in [5.41, 5.74) is 15.0. The summed E-state index contributed by atoms with van der Waals surface area (Å²) in [6.07, 6.45) is 1.40. The number of rotatable bonds is 2. The number of nitriles is 2. The van der Waals surface area contributed by atoms with Gasteiger partial charge in [-0.25, -0.2) is 4.99 Å². The number of allylic oxidation sites excluding steroid dienone is 1. The van der Waals surface area contributed by atoms with Gasteiger partial charge in [0.1, 0.15) is 12.1 Å². The van der Waals surface area contributed by atoms with Crippen LogP contribution in [0.5, 0.6) is 0 Å². The zero-order valence-electron chi connectivity index (χ0n) is 13.0. The second-order valence-electron chi connectivity index (χ2n) is 5.29. The molecule has 0 spiro atoms. The van der Waals surface area contributed by atoms with Crippen molar-refractivity contribution < 1.29 is 4.99 Å². The third-order valence-corrected chi connectivity index (χ3v) is 5.74. The average molecular weight is 411 g/mol. The maximum atomic E-state index is 9.87. The standard InChI is InChI=1S/C18H12BrN5S/c19-16-10(7-20)3-1-4-11(16)15-12(8-21)17(14-5-2-6-25-14)24-18(23)13(15)9-22/h1-6,9,15H,22H2,(H2,23,24)/p+1/b13-9-. The summed E-state index contributed by atoms with van der Waals surface area (Å²) in [4.78, 5) is 4.01. The number of nitrogens with one attached hydrogen (secondary N) is 1. The van der Waals surface area contributed by atoms with Crippen LogP contribution in [0.3, 0.4) is 0 Å². The summed E-state index contributed by atoms with van der Waals surface area (Å²) in [5, 5.41) is 21.1. The molecule has 1 aliphatic rings. The van der Waals surface area contributed by atoms with E-state index >= 15 is 0 Å². The average Bonchev–Trinajstić information content (AvgIpc) is 3.15. The van der Waals surface area contributed by atoms with Crippen molar-refractivity contribution in [2.45, 2.75) is 5.92 Å². The van der Waals surface area contributed by atoms with E-state index in [4.69, 9.17) is 11.5 Å². The minimum Gasteiger partial charge on any atom is -0.404 e. The van der Waals surface area contributed by atoms with Crippen LogP contribution >= 0.6 is 27.3 Å². The molecule has 2 aromatic rings.